The number of amides is 1. The number of carbonyl (C=O) groups is 1. The minimum atomic E-state index is -0.166. The van der Waals surface area contributed by atoms with E-state index in [2.05, 4.69) is 10.3 Å². The van der Waals surface area contributed by atoms with Gasteiger partial charge in [-0.25, -0.2) is 4.98 Å². The molecule has 1 unspecified atom stereocenters. The molecule has 0 radical (unpaired) electrons. The van der Waals surface area contributed by atoms with Crippen LogP contribution in [0.2, 0.25) is 0 Å². The fraction of sp³-hybridized carbons (Fsp3) is 0.333. The summed E-state index contributed by atoms with van der Waals surface area (Å²) in [5, 5.41) is 5.74. The van der Waals surface area contributed by atoms with E-state index in [4.69, 9.17) is 10.2 Å². The average Bonchev–Trinajstić information content (AvgIpc) is 3.05. The van der Waals surface area contributed by atoms with Gasteiger partial charge in [0.25, 0.3) is 5.91 Å². The van der Waals surface area contributed by atoms with E-state index >= 15 is 0 Å². The first kappa shape index (κ1) is 18.9. The van der Waals surface area contributed by atoms with E-state index in [9.17, 15) is 4.79 Å². The summed E-state index contributed by atoms with van der Waals surface area (Å²) >= 11 is 1.53. The van der Waals surface area contributed by atoms with Crippen LogP contribution in [0, 0.1) is 0 Å². The Morgan fingerprint density at radius 1 is 1.55 bits per heavy atom. The molecule has 1 atom stereocenters. The first-order valence-electron chi connectivity index (χ1n) is 5.72. The lowest BCUT2D eigenvalue weighted by molar-refractivity contribution is 0.0935. The summed E-state index contributed by atoms with van der Waals surface area (Å²) in [5.74, 6) is 0.433. The SMILES string of the molecule is CCC(NC(=O)c1coc(CN)c1)c1nccs1.Cl.Cl. The molecule has 8 heteroatoms. The van der Waals surface area contributed by atoms with Gasteiger partial charge in [-0.2, -0.15) is 0 Å². The Bertz CT molecular complexity index is 517. The summed E-state index contributed by atoms with van der Waals surface area (Å²) in [6.07, 6.45) is 3.95. The van der Waals surface area contributed by atoms with Crippen molar-refractivity contribution in [2.24, 2.45) is 5.73 Å². The molecular formula is C12H17Cl2N3O2S. The van der Waals surface area contributed by atoms with E-state index in [1.165, 1.54) is 17.6 Å². The molecule has 0 fully saturated rings. The van der Waals surface area contributed by atoms with Crippen LogP contribution in [0.5, 0.6) is 0 Å². The van der Waals surface area contributed by atoms with Crippen LogP contribution in [0.4, 0.5) is 0 Å². The standard InChI is InChI=1S/C12H15N3O2S.2ClH/c1-2-10(12-14-3-4-18-12)15-11(16)8-5-9(6-13)17-7-8;;/h3-5,7,10H,2,6,13H2,1H3,(H,15,16);2*1H. The summed E-state index contributed by atoms with van der Waals surface area (Å²) < 4.78 is 5.14. The third kappa shape index (κ3) is 4.49. The largest absolute Gasteiger partial charge is 0.467 e. The summed E-state index contributed by atoms with van der Waals surface area (Å²) in [7, 11) is 0. The molecule has 2 heterocycles. The molecule has 112 valence electrons. The Morgan fingerprint density at radius 3 is 2.80 bits per heavy atom. The van der Waals surface area contributed by atoms with Gasteiger partial charge in [-0.3, -0.25) is 4.79 Å². The van der Waals surface area contributed by atoms with Crippen LogP contribution in [0.3, 0.4) is 0 Å². The van der Waals surface area contributed by atoms with Crippen LogP contribution < -0.4 is 11.1 Å². The maximum absolute atomic E-state index is 12.0. The molecule has 0 aliphatic rings. The fourth-order valence-electron chi connectivity index (χ4n) is 1.59. The average molecular weight is 338 g/mol. The summed E-state index contributed by atoms with van der Waals surface area (Å²) in [6.45, 7) is 2.30. The molecule has 1 amide bonds. The lowest BCUT2D eigenvalue weighted by Crippen LogP contribution is -2.27. The van der Waals surface area contributed by atoms with Crippen molar-refractivity contribution in [3.8, 4) is 0 Å². The monoisotopic (exact) mass is 337 g/mol. The van der Waals surface area contributed by atoms with Gasteiger partial charge in [-0.05, 0) is 12.5 Å². The van der Waals surface area contributed by atoms with Crippen molar-refractivity contribution in [1.82, 2.24) is 10.3 Å². The second kappa shape index (κ2) is 8.97. The van der Waals surface area contributed by atoms with Crippen LogP contribution in [0.1, 0.15) is 40.5 Å². The molecule has 0 spiro atoms. The predicted octanol–water partition coefficient (Wildman–Crippen LogP) is 2.92. The molecule has 0 saturated heterocycles. The second-order valence-corrected chi connectivity index (χ2v) is 4.74. The number of aromatic nitrogens is 1. The molecule has 0 saturated carbocycles. The Balaban J connectivity index is 0.00000180. The highest BCUT2D eigenvalue weighted by Gasteiger charge is 2.17. The summed E-state index contributed by atoms with van der Waals surface area (Å²) in [6, 6.07) is 1.60. The van der Waals surface area contributed by atoms with Gasteiger partial charge in [-0.15, -0.1) is 36.2 Å². The van der Waals surface area contributed by atoms with Crippen molar-refractivity contribution in [3.05, 3.63) is 40.2 Å². The fourth-order valence-corrected chi connectivity index (χ4v) is 2.37. The lowest BCUT2D eigenvalue weighted by Gasteiger charge is -2.13. The highest BCUT2D eigenvalue weighted by molar-refractivity contribution is 7.09. The van der Waals surface area contributed by atoms with Crippen LogP contribution in [-0.4, -0.2) is 10.9 Å². The van der Waals surface area contributed by atoms with Crippen molar-refractivity contribution >= 4 is 42.1 Å². The summed E-state index contributed by atoms with van der Waals surface area (Å²) in [4.78, 5) is 16.2. The minimum absolute atomic E-state index is 0. The first-order valence-corrected chi connectivity index (χ1v) is 6.60. The van der Waals surface area contributed by atoms with Gasteiger partial charge >= 0.3 is 0 Å². The van der Waals surface area contributed by atoms with Crippen molar-refractivity contribution in [3.63, 3.8) is 0 Å². The predicted molar refractivity (Wildman–Crippen MR) is 83.7 cm³/mol. The molecule has 0 aliphatic heterocycles. The normalized spacial score (nSPS) is 11.1. The highest BCUT2D eigenvalue weighted by atomic mass is 35.5. The molecule has 2 rings (SSSR count). The van der Waals surface area contributed by atoms with Gasteiger partial charge in [0, 0.05) is 11.6 Å². The number of halogens is 2. The molecule has 2 aromatic heterocycles. The third-order valence-electron chi connectivity index (χ3n) is 2.58. The van der Waals surface area contributed by atoms with Crippen molar-refractivity contribution in [2.45, 2.75) is 25.9 Å². The molecular weight excluding hydrogens is 321 g/mol. The van der Waals surface area contributed by atoms with E-state index in [1.807, 2.05) is 12.3 Å². The smallest absolute Gasteiger partial charge is 0.255 e. The number of hydrogen-bond acceptors (Lipinski definition) is 5. The zero-order chi connectivity index (χ0) is 13.0. The number of nitrogens with zero attached hydrogens (tertiary/aromatic N) is 1. The van der Waals surface area contributed by atoms with E-state index in [0.29, 0.717) is 11.3 Å². The van der Waals surface area contributed by atoms with Crippen LogP contribution in [0.25, 0.3) is 0 Å². The molecule has 0 bridgehead atoms. The number of thiazole rings is 1. The number of carbonyl (C=O) groups excluding carboxylic acids is 1. The van der Waals surface area contributed by atoms with Crippen molar-refractivity contribution in [2.75, 3.05) is 0 Å². The van der Waals surface area contributed by atoms with E-state index in [1.54, 1.807) is 12.3 Å². The molecule has 5 nitrogen and oxygen atoms in total. The Kier molecular flexibility index (Phi) is 8.48. The zero-order valence-corrected chi connectivity index (χ0v) is 13.3. The Hall–Kier alpha value is -1.08. The van der Waals surface area contributed by atoms with Gasteiger partial charge in [-0.1, -0.05) is 6.92 Å². The number of nitrogens with two attached hydrogens (primary N) is 1. The summed E-state index contributed by atoms with van der Waals surface area (Å²) in [5.41, 5.74) is 5.93. The zero-order valence-electron chi connectivity index (χ0n) is 10.9. The Labute approximate surface area is 133 Å². The number of nitrogens with one attached hydrogen (secondary N) is 1. The minimum Gasteiger partial charge on any atom is -0.467 e. The molecule has 20 heavy (non-hydrogen) atoms. The van der Waals surface area contributed by atoms with Gasteiger partial charge in [0.1, 0.15) is 17.0 Å². The second-order valence-electron chi connectivity index (χ2n) is 3.81. The number of hydrogen-bond donors (Lipinski definition) is 2. The van der Waals surface area contributed by atoms with Crippen LogP contribution in [-0.2, 0) is 6.54 Å². The number of furan rings is 1. The third-order valence-corrected chi connectivity index (χ3v) is 3.47. The molecule has 0 aliphatic carbocycles. The van der Waals surface area contributed by atoms with Gasteiger partial charge < -0.3 is 15.5 Å². The van der Waals surface area contributed by atoms with Crippen LogP contribution >= 0.6 is 36.2 Å². The molecule has 2 aromatic rings. The van der Waals surface area contributed by atoms with E-state index in [0.717, 1.165) is 11.4 Å². The van der Waals surface area contributed by atoms with Crippen molar-refractivity contribution in [1.29, 1.82) is 0 Å². The van der Waals surface area contributed by atoms with Gasteiger partial charge in [0.15, 0.2) is 0 Å². The number of rotatable bonds is 5. The quantitative estimate of drug-likeness (QED) is 0.878. The van der Waals surface area contributed by atoms with Crippen LogP contribution in [0.15, 0.2) is 28.3 Å². The maximum Gasteiger partial charge on any atom is 0.255 e. The Morgan fingerprint density at radius 2 is 2.30 bits per heavy atom. The topological polar surface area (TPSA) is 81.2 Å². The lowest BCUT2D eigenvalue weighted by atomic mass is 10.2. The van der Waals surface area contributed by atoms with E-state index < -0.39 is 0 Å². The highest BCUT2D eigenvalue weighted by Crippen LogP contribution is 2.19. The molecule has 3 N–H and O–H groups in total. The first-order chi connectivity index (χ1) is 8.74. The van der Waals surface area contributed by atoms with Gasteiger partial charge in [0.05, 0.1) is 18.2 Å². The maximum atomic E-state index is 12.0. The molecule has 0 aromatic carbocycles. The van der Waals surface area contributed by atoms with Gasteiger partial charge in [0.2, 0.25) is 0 Å². The van der Waals surface area contributed by atoms with Crippen molar-refractivity contribution < 1.29 is 9.21 Å². The van der Waals surface area contributed by atoms with E-state index in [-0.39, 0.29) is 43.3 Å².